The molecule has 0 N–H and O–H groups in total. The first-order chi connectivity index (χ1) is 9.98. The van der Waals surface area contributed by atoms with Gasteiger partial charge in [0, 0.05) is 0 Å². The van der Waals surface area contributed by atoms with Gasteiger partial charge in [-0.15, -0.1) is 11.6 Å². The molecular weight excluding hydrogens is 278 g/mol. The third-order valence-corrected chi connectivity index (χ3v) is 4.50. The van der Waals surface area contributed by atoms with Crippen LogP contribution in [0.4, 0.5) is 0 Å². The van der Waals surface area contributed by atoms with Gasteiger partial charge >= 0.3 is 0 Å². The average Bonchev–Trinajstić information content (AvgIpc) is 2.38. The van der Waals surface area contributed by atoms with Crippen LogP contribution >= 0.6 is 11.6 Å². The lowest BCUT2D eigenvalue weighted by Gasteiger charge is -2.30. The van der Waals surface area contributed by atoms with Gasteiger partial charge in [-0.2, -0.15) is 0 Å². The number of unbranched alkanes of at least 4 members (excludes halogenated alkanes) is 11. The first-order valence-corrected chi connectivity index (χ1v) is 9.87. The molecule has 0 aliphatic carbocycles. The molecule has 0 aromatic rings. The molecule has 0 heterocycles. The number of halogens is 1. The average molecular weight is 319 g/mol. The van der Waals surface area contributed by atoms with Gasteiger partial charge in [-0.1, -0.05) is 71.1 Å². The summed E-state index contributed by atoms with van der Waals surface area (Å²) in [5, 5.41) is 0.289. The zero-order chi connectivity index (χ0) is 16.0. The van der Waals surface area contributed by atoms with Gasteiger partial charge in [0.05, 0.1) is 32.6 Å². The normalized spacial score (nSPS) is 13.6. The van der Waals surface area contributed by atoms with E-state index in [2.05, 4.69) is 27.9 Å². The Labute approximate surface area is 140 Å². The van der Waals surface area contributed by atoms with E-state index < -0.39 is 0 Å². The minimum atomic E-state index is 0.289. The summed E-state index contributed by atoms with van der Waals surface area (Å²) >= 11 is 6.10. The maximum Gasteiger partial charge on any atom is 0.0946 e. The summed E-state index contributed by atoms with van der Waals surface area (Å²) in [5.41, 5.74) is 0. The minimum absolute atomic E-state index is 0.289. The van der Waals surface area contributed by atoms with Crippen molar-refractivity contribution >= 4 is 11.6 Å². The van der Waals surface area contributed by atoms with E-state index in [1.165, 1.54) is 83.6 Å². The SMILES string of the molecule is CCCCCCCCCCCCCC[N+](C)(C)CC(C)Cl. The summed E-state index contributed by atoms with van der Waals surface area (Å²) in [6.45, 7) is 6.74. The summed E-state index contributed by atoms with van der Waals surface area (Å²) in [7, 11) is 4.61. The summed E-state index contributed by atoms with van der Waals surface area (Å²) < 4.78 is 1.07. The molecule has 1 atom stereocenters. The number of hydrogen-bond donors (Lipinski definition) is 0. The van der Waals surface area contributed by atoms with Crippen molar-refractivity contribution in [2.24, 2.45) is 0 Å². The molecule has 0 aliphatic rings. The number of hydrogen-bond acceptors (Lipinski definition) is 0. The largest absolute Gasteiger partial charge is 0.327 e. The number of alkyl halides is 1. The van der Waals surface area contributed by atoms with Crippen LogP contribution in [0, 0.1) is 0 Å². The number of rotatable bonds is 15. The maximum atomic E-state index is 6.10. The number of quaternary nitrogens is 1. The van der Waals surface area contributed by atoms with Crippen LogP contribution in [0.25, 0.3) is 0 Å². The topological polar surface area (TPSA) is 0 Å². The molecule has 0 amide bonds. The van der Waals surface area contributed by atoms with Crippen LogP contribution in [0.2, 0.25) is 0 Å². The highest BCUT2D eigenvalue weighted by Crippen LogP contribution is 2.13. The highest BCUT2D eigenvalue weighted by molar-refractivity contribution is 6.20. The molecule has 0 saturated carbocycles. The highest BCUT2D eigenvalue weighted by atomic mass is 35.5. The van der Waals surface area contributed by atoms with Crippen LogP contribution in [0.15, 0.2) is 0 Å². The van der Waals surface area contributed by atoms with E-state index in [0.29, 0.717) is 0 Å². The van der Waals surface area contributed by atoms with E-state index in [0.717, 1.165) is 11.0 Å². The van der Waals surface area contributed by atoms with Crippen LogP contribution in [-0.4, -0.2) is 37.0 Å². The Morgan fingerprint density at radius 2 is 1.10 bits per heavy atom. The van der Waals surface area contributed by atoms with Crippen molar-refractivity contribution in [3.8, 4) is 0 Å². The second kappa shape index (κ2) is 13.9. The smallest absolute Gasteiger partial charge is 0.0946 e. The summed E-state index contributed by atoms with van der Waals surface area (Å²) in [4.78, 5) is 0. The molecule has 2 heteroatoms. The fourth-order valence-electron chi connectivity index (χ4n) is 3.15. The quantitative estimate of drug-likeness (QED) is 0.186. The monoisotopic (exact) mass is 318 g/mol. The maximum absolute atomic E-state index is 6.10. The van der Waals surface area contributed by atoms with Crippen molar-refractivity contribution in [3.05, 3.63) is 0 Å². The van der Waals surface area contributed by atoms with Gasteiger partial charge in [-0.3, -0.25) is 0 Å². The predicted octanol–water partition coefficient (Wildman–Crippen LogP) is 6.39. The van der Waals surface area contributed by atoms with Gasteiger partial charge in [0.1, 0.15) is 0 Å². The van der Waals surface area contributed by atoms with Gasteiger partial charge in [-0.05, 0) is 19.8 Å². The third kappa shape index (κ3) is 16.4. The van der Waals surface area contributed by atoms with Crippen molar-refractivity contribution in [2.75, 3.05) is 27.2 Å². The van der Waals surface area contributed by atoms with E-state index in [-0.39, 0.29) is 5.38 Å². The molecule has 0 aromatic heterocycles. The van der Waals surface area contributed by atoms with Gasteiger partial charge in [0.25, 0.3) is 0 Å². The molecule has 0 aliphatic heterocycles. The van der Waals surface area contributed by atoms with Crippen molar-refractivity contribution in [3.63, 3.8) is 0 Å². The summed E-state index contributed by atoms with van der Waals surface area (Å²) in [6.07, 6.45) is 17.1. The fourth-order valence-corrected chi connectivity index (χ4v) is 3.53. The van der Waals surface area contributed by atoms with Gasteiger partial charge in [0.2, 0.25) is 0 Å². The Balaban J connectivity index is 3.22. The molecule has 1 unspecified atom stereocenters. The Kier molecular flexibility index (Phi) is 14.0. The second-order valence-electron chi connectivity index (χ2n) is 7.51. The molecule has 0 rings (SSSR count). The van der Waals surface area contributed by atoms with Crippen molar-refractivity contribution < 1.29 is 4.48 Å². The fraction of sp³-hybridized carbons (Fsp3) is 1.00. The molecule has 0 saturated heterocycles. The number of nitrogens with zero attached hydrogens (tertiary/aromatic N) is 1. The van der Waals surface area contributed by atoms with Crippen molar-refractivity contribution in [2.45, 2.75) is 96.3 Å². The van der Waals surface area contributed by atoms with Crippen molar-refractivity contribution in [1.82, 2.24) is 0 Å². The molecule has 128 valence electrons. The van der Waals surface area contributed by atoms with Crippen LogP contribution in [0.1, 0.15) is 90.9 Å². The van der Waals surface area contributed by atoms with Crippen LogP contribution in [-0.2, 0) is 0 Å². The van der Waals surface area contributed by atoms with Crippen LogP contribution in [0.5, 0.6) is 0 Å². The lowest BCUT2D eigenvalue weighted by molar-refractivity contribution is -0.890. The lowest BCUT2D eigenvalue weighted by Crippen LogP contribution is -2.44. The molecule has 0 radical (unpaired) electrons. The predicted molar refractivity (Wildman–Crippen MR) is 98.2 cm³/mol. The van der Waals surface area contributed by atoms with E-state index >= 15 is 0 Å². The third-order valence-electron chi connectivity index (χ3n) is 4.36. The Bertz CT molecular complexity index is 214. The summed E-state index contributed by atoms with van der Waals surface area (Å²) in [5.74, 6) is 0. The molecule has 0 bridgehead atoms. The Hall–Kier alpha value is 0.250. The van der Waals surface area contributed by atoms with Gasteiger partial charge in [-0.25, -0.2) is 0 Å². The second-order valence-corrected chi connectivity index (χ2v) is 8.26. The van der Waals surface area contributed by atoms with Crippen LogP contribution in [0.3, 0.4) is 0 Å². The van der Waals surface area contributed by atoms with E-state index in [9.17, 15) is 0 Å². The molecule has 1 nitrogen and oxygen atoms in total. The Morgan fingerprint density at radius 3 is 1.48 bits per heavy atom. The molecule has 0 aromatic carbocycles. The van der Waals surface area contributed by atoms with E-state index in [1.807, 2.05) is 0 Å². The van der Waals surface area contributed by atoms with E-state index in [4.69, 9.17) is 11.6 Å². The Morgan fingerprint density at radius 1 is 0.714 bits per heavy atom. The molecule has 0 fully saturated rings. The summed E-state index contributed by atoms with van der Waals surface area (Å²) in [6, 6.07) is 0. The molecule has 21 heavy (non-hydrogen) atoms. The van der Waals surface area contributed by atoms with E-state index in [1.54, 1.807) is 0 Å². The first kappa shape index (κ1) is 21.2. The lowest BCUT2D eigenvalue weighted by atomic mass is 10.1. The van der Waals surface area contributed by atoms with Crippen LogP contribution < -0.4 is 0 Å². The molecule has 0 spiro atoms. The zero-order valence-electron chi connectivity index (χ0n) is 15.3. The zero-order valence-corrected chi connectivity index (χ0v) is 16.1. The minimum Gasteiger partial charge on any atom is -0.327 e. The van der Waals surface area contributed by atoms with Crippen molar-refractivity contribution in [1.29, 1.82) is 0 Å². The first-order valence-electron chi connectivity index (χ1n) is 9.44. The highest BCUT2D eigenvalue weighted by Gasteiger charge is 2.16. The van der Waals surface area contributed by atoms with Gasteiger partial charge in [0.15, 0.2) is 0 Å². The van der Waals surface area contributed by atoms with Gasteiger partial charge < -0.3 is 4.48 Å². The molecular formula is C19H41ClN+. The standard InChI is InChI=1S/C19H41ClN/c1-5-6-7-8-9-10-11-12-13-14-15-16-17-21(3,4)18-19(2)20/h19H,5-18H2,1-4H3/q+1.